The van der Waals surface area contributed by atoms with Crippen LogP contribution in [0.25, 0.3) is 0 Å². The van der Waals surface area contributed by atoms with E-state index < -0.39 is 5.60 Å². The van der Waals surface area contributed by atoms with Gasteiger partial charge in [0.1, 0.15) is 0 Å². The summed E-state index contributed by atoms with van der Waals surface area (Å²) < 4.78 is 0. The molecule has 1 N–H and O–H groups in total. The zero-order valence-corrected chi connectivity index (χ0v) is 9.38. The fourth-order valence-corrected chi connectivity index (χ4v) is 1.73. The summed E-state index contributed by atoms with van der Waals surface area (Å²) in [7, 11) is 2.12. The van der Waals surface area contributed by atoms with Gasteiger partial charge < -0.3 is 10.0 Å². The van der Waals surface area contributed by atoms with Gasteiger partial charge in [-0.15, -0.1) is 0 Å². The number of hydrogen-bond acceptors (Lipinski definition) is 2. The van der Waals surface area contributed by atoms with Crippen LogP contribution in [-0.2, 0) is 0 Å². The lowest BCUT2D eigenvalue weighted by atomic mass is 10.0. The van der Waals surface area contributed by atoms with Crippen LogP contribution in [-0.4, -0.2) is 35.2 Å². The highest BCUT2D eigenvalue weighted by atomic mass is 16.3. The Labute approximate surface area is 81.9 Å². The first-order chi connectivity index (χ1) is 5.96. The quantitative estimate of drug-likeness (QED) is 0.707. The van der Waals surface area contributed by atoms with E-state index in [4.69, 9.17) is 0 Å². The van der Waals surface area contributed by atoms with Crippen LogP contribution in [0, 0.1) is 5.92 Å². The fourth-order valence-electron chi connectivity index (χ4n) is 1.73. The maximum Gasteiger partial charge on any atom is 0.0743 e. The van der Waals surface area contributed by atoms with Crippen molar-refractivity contribution in [1.29, 1.82) is 0 Å². The summed E-state index contributed by atoms with van der Waals surface area (Å²) in [5.74, 6) is 0.887. The smallest absolute Gasteiger partial charge is 0.0743 e. The molecule has 1 aliphatic rings. The van der Waals surface area contributed by atoms with E-state index in [0.29, 0.717) is 6.04 Å². The van der Waals surface area contributed by atoms with Gasteiger partial charge in [-0.2, -0.15) is 0 Å². The van der Waals surface area contributed by atoms with Gasteiger partial charge in [0, 0.05) is 12.6 Å². The fraction of sp³-hybridized carbons (Fsp3) is 1.00. The largest absolute Gasteiger partial charge is 0.389 e. The van der Waals surface area contributed by atoms with Gasteiger partial charge in [-0.05, 0) is 46.1 Å². The lowest BCUT2D eigenvalue weighted by Gasteiger charge is -2.32. The van der Waals surface area contributed by atoms with Crippen LogP contribution in [0.5, 0.6) is 0 Å². The highest BCUT2D eigenvalue weighted by Crippen LogP contribution is 2.35. The Bertz CT molecular complexity index is 163. The third-order valence-electron chi connectivity index (χ3n) is 3.35. The molecular weight excluding hydrogens is 162 g/mol. The molecule has 2 atom stereocenters. The van der Waals surface area contributed by atoms with E-state index in [1.165, 1.54) is 12.8 Å². The van der Waals surface area contributed by atoms with Crippen LogP contribution >= 0.6 is 0 Å². The molecule has 0 aliphatic heterocycles. The van der Waals surface area contributed by atoms with Crippen molar-refractivity contribution >= 4 is 0 Å². The maximum atomic E-state index is 9.90. The average Bonchev–Trinajstić information content (AvgIpc) is 2.85. The second-order valence-corrected chi connectivity index (χ2v) is 4.84. The standard InChI is InChI=1S/C11H23NO/c1-5-11(3,13)8-12(4)9(2)10-6-7-10/h9-10,13H,5-8H2,1-4H3. The van der Waals surface area contributed by atoms with Crippen molar-refractivity contribution in [3.05, 3.63) is 0 Å². The molecule has 78 valence electrons. The van der Waals surface area contributed by atoms with Crippen molar-refractivity contribution in [3.8, 4) is 0 Å². The van der Waals surface area contributed by atoms with Crippen molar-refractivity contribution in [2.75, 3.05) is 13.6 Å². The summed E-state index contributed by atoms with van der Waals surface area (Å²) in [6.07, 6.45) is 3.58. The Kier molecular flexibility index (Phi) is 3.36. The number of likely N-dealkylation sites (N-methyl/N-ethyl adjacent to an activating group) is 1. The van der Waals surface area contributed by atoms with E-state index in [9.17, 15) is 5.11 Å². The minimum Gasteiger partial charge on any atom is -0.389 e. The molecule has 0 radical (unpaired) electrons. The van der Waals surface area contributed by atoms with Crippen molar-refractivity contribution in [3.63, 3.8) is 0 Å². The minimum atomic E-state index is -0.516. The Morgan fingerprint density at radius 2 is 2.08 bits per heavy atom. The van der Waals surface area contributed by atoms with Crippen LogP contribution in [0.15, 0.2) is 0 Å². The summed E-state index contributed by atoms with van der Waals surface area (Å²) in [5, 5.41) is 9.90. The summed E-state index contributed by atoms with van der Waals surface area (Å²) >= 11 is 0. The molecule has 0 heterocycles. The van der Waals surface area contributed by atoms with E-state index in [1.54, 1.807) is 0 Å². The molecule has 0 aromatic rings. The van der Waals surface area contributed by atoms with Crippen LogP contribution in [0.2, 0.25) is 0 Å². The molecule has 1 rings (SSSR count). The monoisotopic (exact) mass is 185 g/mol. The predicted octanol–water partition coefficient (Wildman–Crippen LogP) is 1.88. The third kappa shape index (κ3) is 3.28. The first kappa shape index (κ1) is 11.0. The summed E-state index contributed by atoms with van der Waals surface area (Å²) in [4.78, 5) is 2.29. The van der Waals surface area contributed by atoms with E-state index in [2.05, 4.69) is 18.9 Å². The summed E-state index contributed by atoms with van der Waals surface area (Å²) in [5.41, 5.74) is -0.516. The predicted molar refractivity (Wildman–Crippen MR) is 55.7 cm³/mol. The van der Waals surface area contributed by atoms with Crippen LogP contribution < -0.4 is 0 Å². The molecule has 1 fully saturated rings. The molecular formula is C11H23NO. The second kappa shape index (κ2) is 3.97. The normalized spacial score (nSPS) is 24.5. The molecule has 1 saturated carbocycles. The molecule has 2 unspecified atom stereocenters. The molecule has 2 nitrogen and oxygen atoms in total. The lowest BCUT2D eigenvalue weighted by Crippen LogP contribution is -2.43. The summed E-state index contributed by atoms with van der Waals surface area (Å²) in [6.45, 7) is 7.02. The number of nitrogens with zero attached hydrogens (tertiary/aromatic N) is 1. The Morgan fingerprint density at radius 3 is 2.46 bits per heavy atom. The van der Waals surface area contributed by atoms with E-state index >= 15 is 0 Å². The van der Waals surface area contributed by atoms with E-state index in [1.807, 2.05) is 13.8 Å². The van der Waals surface area contributed by atoms with Gasteiger partial charge in [0.15, 0.2) is 0 Å². The van der Waals surface area contributed by atoms with Gasteiger partial charge in [0.2, 0.25) is 0 Å². The lowest BCUT2D eigenvalue weighted by molar-refractivity contribution is 0.0116. The van der Waals surface area contributed by atoms with Crippen molar-refractivity contribution in [2.45, 2.75) is 51.7 Å². The van der Waals surface area contributed by atoms with Crippen LogP contribution in [0.4, 0.5) is 0 Å². The van der Waals surface area contributed by atoms with E-state index in [0.717, 1.165) is 18.9 Å². The van der Waals surface area contributed by atoms with E-state index in [-0.39, 0.29) is 0 Å². The molecule has 1 aliphatic carbocycles. The Morgan fingerprint density at radius 1 is 1.54 bits per heavy atom. The zero-order valence-electron chi connectivity index (χ0n) is 9.38. The highest BCUT2D eigenvalue weighted by molar-refractivity contribution is 4.86. The van der Waals surface area contributed by atoms with Crippen molar-refractivity contribution in [1.82, 2.24) is 4.90 Å². The summed E-state index contributed by atoms with van der Waals surface area (Å²) in [6, 6.07) is 0.637. The Balaban J connectivity index is 2.34. The average molecular weight is 185 g/mol. The molecule has 0 saturated heterocycles. The van der Waals surface area contributed by atoms with Crippen molar-refractivity contribution < 1.29 is 5.11 Å². The maximum absolute atomic E-state index is 9.90. The molecule has 0 aromatic heterocycles. The van der Waals surface area contributed by atoms with Gasteiger partial charge in [-0.1, -0.05) is 6.92 Å². The Hall–Kier alpha value is -0.0800. The molecule has 13 heavy (non-hydrogen) atoms. The van der Waals surface area contributed by atoms with Crippen LogP contribution in [0.1, 0.15) is 40.0 Å². The van der Waals surface area contributed by atoms with Gasteiger partial charge in [-0.3, -0.25) is 0 Å². The van der Waals surface area contributed by atoms with Crippen molar-refractivity contribution in [2.24, 2.45) is 5.92 Å². The first-order valence-corrected chi connectivity index (χ1v) is 5.39. The van der Waals surface area contributed by atoms with Gasteiger partial charge in [0.25, 0.3) is 0 Å². The minimum absolute atomic E-state index is 0.516. The zero-order chi connectivity index (χ0) is 10.1. The van der Waals surface area contributed by atoms with Gasteiger partial charge in [-0.25, -0.2) is 0 Å². The molecule has 2 heteroatoms. The number of hydrogen-bond donors (Lipinski definition) is 1. The topological polar surface area (TPSA) is 23.5 Å². The number of aliphatic hydroxyl groups is 1. The van der Waals surface area contributed by atoms with Crippen LogP contribution in [0.3, 0.4) is 0 Å². The highest BCUT2D eigenvalue weighted by Gasteiger charge is 2.32. The number of rotatable bonds is 5. The molecule has 0 amide bonds. The third-order valence-corrected chi connectivity index (χ3v) is 3.35. The first-order valence-electron chi connectivity index (χ1n) is 5.39. The molecule has 0 spiro atoms. The molecule has 0 aromatic carbocycles. The molecule has 0 bridgehead atoms. The second-order valence-electron chi connectivity index (χ2n) is 4.84. The SMILES string of the molecule is CCC(C)(O)CN(C)C(C)C1CC1. The van der Waals surface area contributed by atoms with Gasteiger partial charge >= 0.3 is 0 Å². The van der Waals surface area contributed by atoms with Gasteiger partial charge in [0.05, 0.1) is 5.60 Å².